The fourth-order valence-electron chi connectivity index (χ4n) is 12.6. The Hall–Kier alpha value is -8.52. The molecule has 0 aromatic heterocycles. The van der Waals surface area contributed by atoms with E-state index in [0.717, 1.165) is 11.4 Å². The number of hydrogen-bond acceptors (Lipinski definition) is 1. The first-order chi connectivity index (χ1) is 34.0. The molecule has 14 rings (SSSR count). The lowest BCUT2D eigenvalue weighted by Crippen LogP contribution is -2.25. The van der Waals surface area contributed by atoms with E-state index < -0.39 is 5.41 Å². The molecule has 0 aliphatic heterocycles. The van der Waals surface area contributed by atoms with Gasteiger partial charge in [0.05, 0.1) is 11.1 Å². The summed E-state index contributed by atoms with van der Waals surface area (Å²) in [7, 11) is 0. The molecule has 1 unspecified atom stereocenters. The van der Waals surface area contributed by atoms with Crippen molar-refractivity contribution in [3.05, 3.63) is 282 Å². The molecule has 11 aromatic rings. The number of anilines is 3. The molecule has 1 heteroatoms. The van der Waals surface area contributed by atoms with Gasteiger partial charge in [0.2, 0.25) is 0 Å². The largest absolute Gasteiger partial charge is 0.310 e. The minimum absolute atomic E-state index is 0.123. The van der Waals surface area contributed by atoms with Crippen LogP contribution in [0.5, 0.6) is 0 Å². The molecular weight excluding hydrogens is 831 g/mol. The molecule has 0 saturated heterocycles. The highest BCUT2D eigenvalue weighted by Crippen LogP contribution is 2.65. The Labute approximate surface area is 404 Å². The van der Waals surface area contributed by atoms with Crippen molar-refractivity contribution >= 4 is 27.8 Å². The van der Waals surface area contributed by atoms with Gasteiger partial charge in [-0.3, -0.25) is 0 Å². The minimum atomic E-state index is -0.428. The summed E-state index contributed by atoms with van der Waals surface area (Å²) in [5.41, 5.74) is 26.2. The third-order valence-corrected chi connectivity index (χ3v) is 15.7. The van der Waals surface area contributed by atoms with E-state index >= 15 is 0 Å². The molecule has 1 spiro atoms. The zero-order chi connectivity index (χ0) is 45.8. The van der Waals surface area contributed by atoms with Crippen LogP contribution in [0.3, 0.4) is 0 Å². The Kier molecular flexibility index (Phi) is 8.61. The van der Waals surface area contributed by atoms with Gasteiger partial charge in [0.25, 0.3) is 0 Å². The number of fused-ring (bicyclic) bond motifs is 15. The van der Waals surface area contributed by atoms with Crippen LogP contribution in [-0.4, -0.2) is 0 Å². The summed E-state index contributed by atoms with van der Waals surface area (Å²) < 4.78 is 0. The lowest BCUT2D eigenvalue weighted by Gasteiger charge is -2.30. The number of hydrogen-bond donors (Lipinski definition) is 0. The monoisotopic (exact) mass is 877 g/mol. The minimum Gasteiger partial charge on any atom is -0.310 e. The van der Waals surface area contributed by atoms with Crippen LogP contribution in [-0.2, 0) is 10.8 Å². The lowest BCUT2D eigenvalue weighted by atomic mass is 9.70. The number of benzene rings is 11. The fraction of sp³-hybridized carbons (Fsp3) is 0.0588. The smallest absolute Gasteiger partial charge is 0.0725 e. The highest BCUT2D eigenvalue weighted by atomic mass is 15.1. The standard InChI is InChI=1S/C68H47N/c1-67(2)57-24-11-8-20-54(57)66-60(67)27-15-29-63(66)69(50-39-34-47(35-40-50)46-32-30-45(31-33-46)44-16-4-3-5-17-44)51-41-36-49(37-42-51)53-23-14-28-61-64(53)55-21-9-12-25-58(55)68(61)59-26-13-10-22-56(59)65-52-19-7-6-18-48(52)38-43-62(65)68/h3-43H,1-2H3. The Morgan fingerprint density at radius 2 is 0.725 bits per heavy atom. The van der Waals surface area contributed by atoms with Crippen LogP contribution in [0.1, 0.15) is 47.2 Å². The van der Waals surface area contributed by atoms with Crippen molar-refractivity contribution in [2.75, 3.05) is 4.90 Å². The van der Waals surface area contributed by atoms with E-state index in [1.165, 1.54) is 117 Å². The van der Waals surface area contributed by atoms with Gasteiger partial charge >= 0.3 is 0 Å². The maximum atomic E-state index is 2.47. The summed E-state index contributed by atoms with van der Waals surface area (Å²) in [5.74, 6) is 0. The molecule has 3 aliphatic rings. The second-order valence-corrected chi connectivity index (χ2v) is 19.5. The Morgan fingerprint density at radius 3 is 1.39 bits per heavy atom. The first kappa shape index (κ1) is 39.6. The van der Waals surface area contributed by atoms with Gasteiger partial charge < -0.3 is 4.90 Å². The van der Waals surface area contributed by atoms with Crippen LogP contribution in [0.4, 0.5) is 17.1 Å². The van der Waals surface area contributed by atoms with Crippen molar-refractivity contribution in [1.29, 1.82) is 0 Å². The summed E-state index contributed by atoms with van der Waals surface area (Å²) >= 11 is 0. The van der Waals surface area contributed by atoms with Crippen molar-refractivity contribution < 1.29 is 0 Å². The maximum Gasteiger partial charge on any atom is 0.0725 e. The van der Waals surface area contributed by atoms with Crippen LogP contribution in [0.25, 0.3) is 77.5 Å². The first-order valence-corrected chi connectivity index (χ1v) is 24.3. The normalized spacial score (nSPS) is 15.3. The van der Waals surface area contributed by atoms with E-state index in [4.69, 9.17) is 0 Å². The zero-order valence-electron chi connectivity index (χ0n) is 38.6. The Morgan fingerprint density at radius 1 is 0.275 bits per heavy atom. The zero-order valence-corrected chi connectivity index (χ0v) is 38.6. The van der Waals surface area contributed by atoms with E-state index in [0.29, 0.717) is 0 Å². The predicted molar refractivity (Wildman–Crippen MR) is 289 cm³/mol. The second kappa shape index (κ2) is 15.0. The van der Waals surface area contributed by atoms with E-state index in [1.807, 2.05) is 0 Å². The molecule has 0 bridgehead atoms. The molecule has 0 fully saturated rings. The average molecular weight is 878 g/mol. The van der Waals surface area contributed by atoms with Crippen molar-refractivity contribution in [3.8, 4) is 66.8 Å². The molecule has 0 amide bonds. The first-order valence-electron chi connectivity index (χ1n) is 24.3. The molecule has 0 radical (unpaired) electrons. The summed E-state index contributed by atoms with van der Waals surface area (Å²) in [6.45, 7) is 4.73. The molecule has 324 valence electrons. The van der Waals surface area contributed by atoms with Crippen molar-refractivity contribution in [1.82, 2.24) is 0 Å². The summed E-state index contributed by atoms with van der Waals surface area (Å²) in [5, 5.41) is 2.58. The van der Waals surface area contributed by atoms with Crippen LogP contribution in [0.2, 0.25) is 0 Å². The maximum absolute atomic E-state index is 2.47. The summed E-state index contributed by atoms with van der Waals surface area (Å²) in [6, 6.07) is 92.8. The van der Waals surface area contributed by atoms with Crippen LogP contribution < -0.4 is 4.90 Å². The van der Waals surface area contributed by atoms with Gasteiger partial charge in [0, 0.05) is 22.4 Å². The van der Waals surface area contributed by atoms with Crippen molar-refractivity contribution in [3.63, 3.8) is 0 Å². The highest BCUT2D eigenvalue weighted by molar-refractivity contribution is 6.07. The predicted octanol–water partition coefficient (Wildman–Crippen LogP) is 18.0. The quantitative estimate of drug-likeness (QED) is 0.161. The second-order valence-electron chi connectivity index (χ2n) is 19.5. The molecule has 3 aliphatic carbocycles. The van der Waals surface area contributed by atoms with E-state index in [9.17, 15) is 0 Å². The lowest BCUT2D eigenvalue weighted by molar-refractivity contribution is 0.660. The highest BCUT2D eigenvalue weighted by Gasteiger charge is 2.52. The van der Waals surface area contributed by atoms with Crippen LogP contribution in [0, 0.1) is 0 Å². The SMILES string of the molecule is CC1(C)c2ccccc2-c2c(N(c3ccc(-c4ccc(-c5ccccc5)cc4)cc3)c3ccc(-c4cccc5c4-c4ccccc4C54c5ccccc5-c5c4ccc4ccccc54)cc3)cccc21. The molecule has 1 nitrogen and oxygen atoms in total. The van der Waals surface area contributed by atoms with E-state index in [-0.39, 0.29) is 5.41 Å². The van der Waals surface area contributed by atoms with E-state index in [1.54, 1.807) is 0 Å². The van der Waals surface area contributed by atoms with Crippen molar-refractivity contribution in [2.24, 2.45) is 0 Å². The van der Waals surface area contributed by atoms with Gasteiger partial charge in [-0.15, -0.1) is 0 Å². The van der Waals surface area contributed by atoms with Gasteiger partial charge in [-0.1, -0.05) is 232 Å². The van der Waals surface area contributed by atoms with Gasteiger partial charge in [-0.2, -0.15) is 0 Å². The van der Waals surface area contributed by atoms with Gasteiger partial charge in [0.15, 0.2) is 0 Å². The summed E-state index contributed by atoms with van der Waals surface area (Å²) in [4.78, 5) is 2.47. The van der Waals surface area contributed by atoms with Gasteiger partial charge in [0.1, 0.15) is 0 Å². The third-order valence-electron chi connectivity index (χ3n) is 15.7. The van der Waals surface area contributed by atoms with Crippen LogP contribution >= 0.6 is 0 Å². The van der Waals surface area contributed by atoms with Gasteiger partial charge in [-0.05, 0) is 136 Å². The van der Waals surface area contributed by atoms with Gasteiger partial charge in [-0.25, -0.2) is 0 Å². The third kappa shape index (κ3) is 5.65. The molecule has 11 aromatic carbocycles. The topological polar surface area (TPSA) is 3.24 Å². The Bertz CT molecular complexity index is 3840. The molecular formula is C68H47N. The van der Waals surface area contributed by atoms with E-state index in [2.05, 4.69) is 267 Å². The molecule has 0 N–H and O–H groups in total. The molecule has 0 saturated carbocycles. The summed E-state index contributed by atoms with van der Waals surface area (Å²) in [6.07, 6.45) is 0. The number of rotatable bonds is 6. The molecule has 0 heterocycles. The fourth-order valence-corrected chi connectivity index (χ4v) is 12.6. The van der Waals surface area contributed by atoms with Crippen LogP contribution in [0.15, 0.2) is 249 Å². The van der Waals surface area contributed by atoms with Crippen molar-refractivity contribution in [2.45, 2.75) is 24.7 Å². The average Bonchev–Trinajstić information content (AvgIpc) is 3.98. The Balaban J connectivity index is 0.913. The molecule has 69 heavy (non-hydrogen) atoms. The number of nitrogens with zero attached hydrogens (tertiary/aromatic N) is 1. The molecule has 1 atom stereocenters.